The normalized spacial score (nSPS) is 16.2. The molecular formula is C17H31N7. The summed E-state index contributed by atoms with van der Waals surface area (Å²) in [6, 6.07) is 1.86. The lowest BCUT2D eigenvalue weighted by molar-refractivity contribution is 0.260. The van der Waals surface area contributed by atoms with E-state index < -0.39 is 0 Å². The SMILES string of the molecule is CCCCCNC(=NC)NCCN1CCN(c2ncccn2)CC1. The molecule has 2 heterocycles. The van der Waals surface area contributed by atoms with E-state index in [-0.39, 0.29) is 0 Å². The highest BCUT2D eigenvalue weighted by atomic mass is 15.3. The molecule has 0 aromatic carbocycles. The molecule has 134 valence electrons. The van der Waals surface area contributed by atoms with Crippen molar-refractivity contribution in [3.05, 3.63) is 18.5 Å². The van der Waals surface area contributed by atoms with Crippen LogP contribution < -0.4 is 15.5 Å². The fourth-order valence-electron chi connectivity index (χ4n) is 2.76. The van der Waals surface area contributed by atoms with Crippen LogP contribution in [0.5, 0.6) is 0 Å². The monoisotopic (exact) mass is 333 g/mol. The zero-order chi connectivity index (χ0) is 17.0. The smallest absolute Gasteiger partial charge is 0.225 e. The topological polar surface area (TPSA) is 68.7 Å². The molecular weight excluding hydrogens is 302 g/mol. The average molecular weight is 333 g/mol. The number of piperazine rings is 1. The Hall–Kier alpha value is -1.89. The van der Waals surface area contributed by atoms with Gasteiger partial charge in [-0.3, -0.25) is 9.89 Å². The van der Waals surface area contributed by atoms with Gasteiger partial charge in [0.25, 0.3) is 0 Å². The lowest BCUT2D eigenvalue weighted by atomic mass is 10.2. The third kappa shape index (κ3) is 6.31. The van der Waals surface area contributed by atoms with Gasteiger partial charge in [0.15, 0.2) is 5.96 Å². The van der Waals surface area contributed by atoms with Gasteiger partial charge in [0, 0.05) is 65.3 Å². The summed E-state index contributed by atoms with van der Waals surface area (Å²) in [6.45, 7) is 9.20. The third-order valence-electron chi connectivity index (χ3n) is 4.22. The minimum atomic E-state index is 0.840. The Balaban J connectivity index is 1.60. The van der Waals surface area contributed by atoms with E-state index in [9.17, 15) is 0 Å². The minimum Gasteiger partial charge on any atom is -0.356 e. The van der Waals surface area contributed by atoms with Crippen molar-refractivity contribution in [2.75, 3.05) is 57.8 Å². The van der Waals surface area contributed by atoms with Crippen molar-refractivity contribution in [3.8, 4) is 0 Å². The number of aliphatic imine (C=N–C) groups is 1. The molecule has 0 unspecified atom stereocenters. The van der Waals surface area contributed by atoms with Gasteiger partial charge in [-0.2, -0.15) is 0 Å². The summed E-state index contributed by atoms with van der Waals surface area (Å²) >= 11 is 0. The molecule has 0 radical (unpaired) electrons. The molecule has 0 spiro atoms. The van der Waals surface area contributed by atoms with Gasteiger partial charge in [-0.1, -0.05) is 19.8 Å². The van der Waals surface area contributed by atoms with Gasteiger partial charge in [0.2, 0.25) is 5.95 Å². The summed E-state index contributed by atoms with van der Waals surface area (Å²) in [5.74, 6) is 1.74. The molecule has 0 amide bonds. The molecule has 1 aliphatic heterocycles. The Morgan fingerprint density at radius 3 is 2.46 bits per heavy atom. The number of nitrogens with one attached hydrogen (secondary N) is 2. The van der Waals surface area contributed by atoms with E-state index in [1.54, 1.807) is 12.4 Å². The molecule has 1 saturated heterocycles. The highest BCUT2D eigenvalue weighted by molar-refractivity contribution is 5.79. The molecule has 1 aromatic rings. The first kappa shape index (κ1) is 18.4. The molecule has 0 atom stereocenters. The Morgan fingerprint density at radius 1 is 1.08 bits per heavy atom. The maximum absolute atomic E-state index is 4.33. The van der Waals surface area contributed by atoms with Crippen molar-refractivity contribution >= 4 is 11.9 Å². The first-order chi connectivity index (χ1) is 11.8. The molecule has 7 nitrogen and oxygen atoms in total. The molecule has 2 N–H and O–H groups in total. The maximum Gasteiger partial charge on any atom is 0.225 e. The molecule has 0 aliphatic carbocycles. The van der Waals surface area contributed by atoms with Gasteiger partial charge in [0.05, 0.1) is 0 Å². The predicted octanol–water partition coefficient (Wildman–Crippen LogP) is 0.954. The molecule has 2 rings (SSSR count). The second-order valence-corrected chi connectivity index (χ2v) is 6.01. The molecule has 1 aliphatic rings. The van der Waals surface area contributed by atoms with Crippen LogP contribution in [-0.2, 0) is 0 Å². The van der Waals surface area contributed by atoms with E-state index in [0.717, 1.165) is 57.7 Å². The van der Waals surface area contributed by atoms with Crippen LogP contribution in [0.4, 0.5) is 5.95 Å². The van der Waals surface area contributed by atoms with Gasteiger partial charge < -0.3 is 15.5 Å². The van der Waals surface area contributed by atoms with Gasteiger partial charge in [-0.25, -0.2) is 9.97 Å². The first-order valence-electron chi connectivity index (χ1n) is 9.02. The third-order valence-corrected chi connectivity index (χ3v) is 4.22. The van der Waals surface area contributed by atoms with Crippen LogP contribution in [0.15, 0.2) is 23.5 Å². The van der Waals surface area contributed by atoms with Crippen LogP contribution in [0.25, 0.3) is 0 Å². The van der Waals surface area contributed by atoms with E-state index in [2.05, 4.69) is 42.3 Å². The summed E-state index contributed by atoms with van der Waals surface area (Å²) in [6.07, 6.45) is 7.31. The summed E-state index contributed by atoms with van der Waals surface area (Å²) in [7, 11) is 1.83. The van der Waals surface area contributed by atoms with Crippen molar-refractivity contribution < 1.29 is 0 Å². The van der Waals surface area contributed by atoms with Crippen LogP contribution in [0.3, 0.4) is 0 Å². The molecule has 7 heteroatoms. The van der Waals surface area contributed by atoms with Crippen LogP contribution in [0.1, 0.15) is 26.2 Å². The van der Waals surface area contributed by atoms with E-state index in [4.69, 9.17) is 0 Å². The lowest BCUT2D eigenvalue weighted by Crippen LogP contribution is -2.49. The summed E-state index contributed by atoms with van der Waals surface area (Å²) in [5, 5.41) is 6.76. The standard InChI is InChI=1S/C17H31N7/c1-3-4-5-7-19-16(18-2)20-10-11-23-12-14-24(15-13-23)17-21-8-6-9-22-17/h6,8-9H,3-5,7,10-15H2,1-2H3,(H2,18,19,20). The Bertz CT molecular complexity index is 469. The number of guanidine groups is 1. The number of unbranched alkanes of at least 4 members (excludes halogenated alkanes) is 2. The van der Waals surface area contributed by atoms with Crippen molar-refractivity contribution in [1.29, 1.82) is 0 Å². The fraction of sp³-hybridized carbons (Fsp3) is 0.706. The zero-order valence-corrected chi connectivity index (χ0v) is 15.0. The zero-order valence-electron chi connectivity index (χ0n) is 15.0. The lowest BCUT2D eigenvalue weighted by Gasteiger charge is -2.34. The Labute approximate surface area is 145 Å². The molecule has 24 heavy (non-hydrogen) atoms. The van der Waals surface area contributed by atoms with Crippen molar-refractivity contribution in [3.63, 3.8) is 0 Å². The number of anilines is 1. The molecule has 1 aromatic heterocycles. The Morgan fingerprint density at radius 2 is 1.79 bits per heavy atom. The average Bonchev–Trinajstić information content (AvgIpc) is 2.65. The second-order valence-electron chi connectivity index (χ2n) is 6.01. The van der Waals surface area contributed by atoms with Crippen LogP contribution in [0, 0.1) is 0 Å². The quantitative estimate of drug-likeness (QED) is 0.419. The van der Waals surface area contributed by atoms with Crippen LogP contribution in [-0.4, -0.2) is 73.7 Å². The van der Waals surface area contributed by atoms with E-state index >= 15 is 0 Å². The highest BCUT2D eigenvalue weighted by Crippen LogP contribution is 2.08. The number of rotatable bonds is 8. The van der Waals surface area contributed by atoms with Crippen molar-refractivity contribution in [1.82, 2.24) is 25.5 Å². The Kier molecular flexibility index (Phi) is 8.31. The van der Waals surface area contributed by atoms with Crippen LogP contribution in [0.2, 0.25) is 0 Å². The molecule has 1 fully saturated rings. The first-order valence-corrected chi connectivity index (χ1v) is 9.02. The summed E-state index contributed by atoms with van der Waals surface area (Å²) < 4.78 is 0. The van der Waals surface area contributed by atoms with Crippen molar-refractivity contribution in [2.45, 2.75) is 26.2 Å². The highest BCUT2D eigenvalue weighted by Gasteiger charge is 2.18. The summed E-state index contributed by atoms with van der Waals surface area (Å²) in [4.78, 5) is 17.6. The predicted molar refractivity (Wildman–Crippen MR) is 99.6 cm³/mol. The minimum absolute atomic E-state index is 0.840. The fourth-order valence-corrected chi connectivity index (χ4v) is 2.76. The number of aromatic nitrogens is 2. The van der Waals surface area contributed by atoms with Gasteiger partial charge in [-0.05, 0) is 12.5 Å². The van der Waals surface area contributed by atoms with Crippen molar-refractivity contribution in [2.24, 2.45) is 4.99 Å². The van der Waals surface area contributed by atoms with Gasteiger partial charge >= 0.3 is 0 Å². The van der Waals surface area contributed by atoms with Gasteiger partial charge in [0.1, 0.15) is 0 Å². The number of hydrogen-bond acceptors (Lipinski definition) is 5. The largest absolute Gasteiger partial charge is 0.356 e. The number of hydrogen-bond donors (Lipinski definition) is 2. The number of nitrogens with zero attached hydrogens (tertiary/aromatic N) is 5. The van der Waals surface area contributed by atoms with E-state index in [0.29, 0.717) is 0 Å². The molecule has 0 bridgehead atoms. The van der Waals surface area contributed by atoms with Crippen LogP contribution >= 0.6 is 0 Å². The second kappa shape index (κ2) is 10.8. The maximum atomic E-state index is 4.33. The van der Waals surface area contributed by atoms with E-state index in [1.807, 2.05) is 13.1 Å². The summed E-state index contributed by atoms with van der Waals surface area (Å²) in [5.41, 5.74) is 0. The van der Waals surface area contributed by atoms with Gasteiger partial charge in [-0.15, -0.1) is 0 Å². The van der Waals surface area contributed by atoms with E-state index in [1.165, 1.54) is 19.3 Å². The molecule has 0 saturated carbocycles.